The minimum absolute atomic E-state index is 0.155. The maximum absolute atomic E-state index is 4.73. The lowest BCUT2D eigenvalue weighted by atomic mass is 10.0. The summed E-state index contributed by atoms with van der Waals surface area (Å²) in [6.45, 7) is 2.14. The lowest BCUT2D eigenvalue weighted by molar-refractivity contribution is 0.819. The van der Waals surface area contributed by atoms with E-state index in [1.165, 1.54) is 23.8 Å². The highest BCUT2D eigenvalue weighted by Crippen LogP contribution is 2.25. The Morgan fingerprint density at radius 2 is 1.50 bits per heavy atom. The number of benzene rings is 3. The van der Waals surface area contributed by atoms with E-state index in [2.05, 4.69) is 119 Å². The molecule has 3 heteroatoms. The quantitative estimate of drug-likeness (QED) is 0.258. The monoisotopic (exact) mass is 537 g/mol. The van der Waals surface area contributed by atoms with Gasteiger partial charge in [0.05, 0.1) is 6.04 Å². The molecule has 0 bridgehead atoms. The van der Waals surface area contributed by atoms with Gasteiger partial charge in [0.2, 0.25) is 0 Å². The normalized spacial score (nSPS) is 12.5. The van der Waals surface area contributed by atoms with E-state index in [0.29, 0.717) is 0 Å². The van der Waals surface area contributed by atoms with Crippen LogP contribution in [-0.4, -0.2) is 6.21 Å². The highest BCUT2D eigenvalue weighted by Gasteiger charge is 2.07. The van der Waals surface area contributed by atoms with Crippen molar-refractivity contribution in [1.82, 2.24) is 0 Å². The summed E-state index contributed by atoms with van der Waals surface area (Å²) in [5.74, 6) is 0. The first-order chi connectivity index (χ1) is 11.6. The summed E-state index contributed by atoms with van der Waals surface area (Å²) in [5, 5.41) is 0. The summed E-state index contributed by atoms with van der Waals surface area (Å²) in [6.07, 6.45) is 1.97. The van der Waals surface area contributed by atoms with Crippen molar-refractivity contribution < 1.29 is 0 Å². The minimum Gasteiger partial charge on any atom is -0.285 e. The third-order valence-electron chi connectivity index (χ3n) is 3.88. The van der Waals surface area contributed by atoms with Crippen LogP contribution in [0.3, 0.4) is 0 Å². The molecule has 120 valence electrons. The molecule has 0 aromatic heterocycles. The SMILES string of the molecule is CC(/N=C\c1ccc(-c2ccccc2)cc1)c1ccc(I)cc1I. The molecule has 0 radical (unpaired) electrons. The van der Waals surface area contributed by atoms with Gasteiger partial charge < -0.3 is 0 Å². The van der Waals surface area contributed by atoms with E-state index in [1.54, 1.807) is 0 Å². The molecule has 1 atom stereocenters. The van der Waals surface area contributed by atoms with Crippen molar-refractivity contribution in [3.63, 3.8) is 0 Å². The first kappa shape index (κ1) is 17.6. The van der Waals surface area contributed by atoms with Crippen molar-refractivity contribution in [2.24, 2.45) is 4.99 Å². The Hall–Kier alpha value is -1.21. The number of rotatable bonds is 4. The van der Waals surface area contributed by atoms with Gasteiger partial charge in [-0.25, -0.2) is 0 Å². The number of nitrogens with zero attached hydrogens (tertiary/aromatic N) is 1. The summed E-state index contributed by atoms with van der Waals surface area (Å²) < 4.78 is 2.53. The topological polar surface area (TPSA) is 12.4 Å². The van der Waals surface area contributed by atoms with Crippen LogP contribution < -0.4 is 0 Å². The van der Waals surface area contributed by atoms with Gasteiger partial charge in [0.1, 0.15) is 0 Å². The van der Waals surface area contributed by atoms with Gasteiger partial charge in [-0.2, -0.15) is 0 Å². The molecule has 0 N–H and O–H groups in total. The van der Waals surface area contributed by atoms with Crippen molar-refractivity contribution >= 4 is 51.4 Å². The van der Waals surface area contributed by atoms with Gasteiger partial charge in [0.15, 0.2) is 0 Å². The molecule has 0 amide bonds. The molecule has 0 aliphatic carbocycles. The first-order valence-corrected chi connectivity index (χ1v) is 9.93. The summed E-state index contributed by atoms with van der Waals surface area (Å²) in [4.78, 5) is 4.73. The second-order valence-electron chi connectivity index (χ2n) is 5.61. The Balaban J connectivity index is 1.74. The van der Waals surface area contributed by atoms with E-state index >= 15 is 0 Å². The molecule has 1 nitrogen and oxygen atoms in total. The molecule has 3 aromatic carbocycles. The van der Waals surface area contributed by atoms with Gasteiger partial charge in [-0.15, -0.1) is 0 Å². The van der Waals surface area contributed by atoms with Gasteiger partial charge in [0.25, 0.3) is 0 Å². The van der Waals surface area contributed by atoms with Gasteiger partial charge in [0, 0.05) is 13.4 Å². The van der Waals surface area contributed by atoms with Gasteiger partial charge in [-0.1, -0.05) is 60.7 Å². The van der Waals surface area contributed by atoms with Crippen molar-refractivity contribution in [2.75, 3.05) is 0 Å². The molecular weight excluding hydrogens is 520 g/mol. The van der Waals surface area contributed by atoms with Gasteiger partial charge in [-0.3, -0.25) is 4.99 Å². The predicted molar refractivity (Wildman–Crippen MR) is 120 cm³/mol. The number of halogens is 2. The zero-order valence-corrected chi connectivity index (χ0v) is 17.6. The summed E-state index contributed by atoms with van der Waals surface area (Å²) in [5.41, 5.74) is 4.87. The van der Waals surface area contributed by atoms with Crippen LogP contribution in [0.4, 0.5) is 0 Å². The maximum atomic E-state index is 4.73. The minimum atomic E-state index is 0.155. The van der Waals surface area contributed by atoms with Crippen LogP contribution in [-0.2, 0) is 0 Å². The first-order valence-electron chi connectivity index (χ1n) is 7.77. The van der Waals surface area contributed by atoms with Crippen LogP contribution >= 0.6 is 45.2 Å². The fourth-order valence-corrected chi connectivity index (χ4v) is 4.56. The molecule has 0 saturated heterocycles. The molecule has 1 unspecified atom stereocenters. The third kappa shape index (κ3) is 4.45. The van der Waals surface area contributed by atoms with E-state index in [9.17, 15) is 0 Å². The lowest BCUT2D eigenvalue weighted by Crippen LogP contribution is -1.95. The molecule has 3 rings (SSSR count). The van der Waals surface area contributed by atoms with Crippen molar-refractivity contribution in [3.8, 4) is 11.1 Å². The lowest BCUT2D eigenvalue weighted by Gasteiger charge is -2.09. The molecule has 0 spiro atoms. The van der Waals surface area contributed by atoms with Crippen molar-refractivity contribution in [1.29, 1.82) is 0 Å². The van der Waals surface area contributed by atoms with Crippen LogP contribution in [0.25, 0.3) is 11.1 Å². The Morgan fingerprint density at radius 3 is 2.17 bits per heavy atom. The van der Waals surface area contributed by atoms with E-state index in [4.69, 9.17) is 4.99 Å². The number of hydrogen-bond acceptors (Lipinski definition) is 1. The second-order valence-corrected chi connectivity index (χ2v) is 8.02. The summed E-state index contributed by atoms with van der Waals surface area (Å²) >= 11 is 4.73. The molecule has 0 fully saturated rings. The predicted octanol–water partition coefficient (Wildman–Crippen LogP) is 6.74. The van der Waals surface area contributed by atoms with Crippen LogP contribution in [0.15, 0.2) is 77.8 Å². The molecular formula is C21H17I2N. The van der Waals surface area contributed by atoms with Gasteiger partial charge >= 0.3 is 0 Å². The molecule has 0 aliphatic heterocycles. The zero-order valence-electron chi connectivity index (χ0n) is 13.3. The molecule has 24 heavy (non-hydrogen) atoms. The fraction of sp³-hybridized carbons (Fsp3) is 0.0952. The smallest absolute Gasteiger partial charge is 0.0731 e. The summed E-state index contributed by atoms with van der Waals surface area (Å²) in [7, 11) is 0. The van der Waals surface area contributed by atoms with Crippen LogP contribution in [0.5, 0.6) is 0 Å². The third-order valence-corrected chi connectivity index (χ3v) is 5.48. The second kappa shape index (κ2) is 8.25. The molecule has 0 aliphatic rings. The average molecular weight is 537 g/mol. The molecule has 0 heterocycles. The standard InChI is InChI=1S/C21H17I2N/c1-15(20-12-11-19(22)13-21(20)23)24-14-16-7-9-18(10-8-16)17-5-3-2-4-6-17/h2-15H,1H3/b24-14-. The number of hydrogen-bond donors (Lipinski definition) is 0. The molecule has 3 aromatic rings. The van der Waals surface area contributed by atoms with Crippen LogP contribution in [0.1, 0.15) is 24.1 Å². The van der Waals surface area contributed by atoms with E-state index in [1.807, 2.05) is 12.3 Å². The van der Waals surface area contributed by atoms with Gasteiger partial charge in [-0.05, 0) is 86.5 Å². The highest BCUT2D eigenvalue weighted by atomic mass is 127. The Labute approximate surface area is 170 Å². The summed E-state index contributed by atoms with van der Waals surface area (Å²) in [6, 6.07) is 25.6. The van der Waals surface area contributed by atoms with Crippen molar-refractivity contribution in [3.05, 3.63) is 91.1 Å². The largest absolute Gasteiger partial charge is 0.285 e. The Kier molecular flexibility index (Phi) is 6.05. The van der Waals surface area contributed by atoms with E-state index in [0.717, 1.165) is 5.56 Å². The average Bonchev–Trinajstić information content (AvgIpc) is 2.61. The van der Waals surface area contributed by atoms with Crippen LogP contribution in [0, 0.1) is 7.14 Å². The van der Waals surface area contributed by atoms with Crippen molar-refractivity contribution in [2.45, 2.75) is 13.0 Å². The van der Waals surface area contributed by atoms with E-state index < -0.39 is 0 Å². The van der Waals surface area contributed by atoms with E-state index in [-0.39, 0.29) is 6.04 Å². The Bertz CT molecular complexity index is 839. The molecule has 0 saturated carbocycles. The maximum Gasteiger partial charge on any atom is 0.0731 e. The van der Waals surface area contributed by atoms with Crippen LogP contribution in [0.2, 0.25) is 0 Å². The fourth-order valence-electron chi connectivity index (χ4n) is 2.51. The zero-order chi connectivity index (χ0) is 16.9. The Morgan fingerprint density at radius 1 is 0.833 bits per heavy atom. The number of aliphatic imine (C=N–C) groups is 1. The highest BCUT2D eigenvalue weighted by molar-refractivity contribution is 14.1.